The second kappa shape index (κ2) is 9.25. The Labute approximate surface area is 206 Å². The fourth-order valence-electron chi connectivity index (χ4n) is 4.99. The van der Waals surface area contributed by atoms with Gasteiger partial charge in [0, 0.05) is 47.8 Å². The minimum atomic E-state index is -0.118. The van der Waals surface area contributed by atoms with Crippen LogP contribution in [-0.2, 0) is 27.3 Å². The maximum Gasteiger partial charge on any atom is 0.246 e. The van der Waals surface area contributed by atoms with Crippen LogP contribution in [0.1, 0.15) is 18.4 Å². The normalized spacial score (nSPS) is 17.7. The van der Waals surface area contributed by atoms with Crippen LogP contribution in [0, 0.1) is 0 Å². The van der Waals surface area contributed by atoms with Crippen molar-refractivity contribution in [2.75, 3.05) is 26.2 Å². The Bertz CT molecular complexity index is 1250. The lowest BCUT2D eigenvalue weighted by atomic mass is 10.0. The number of aromatic nitrogens is 1. The third-order valence-corrected chi connectivity index (χ3v) is 7.33. The molecule has 1 fully saturated rings. The summed E-state index contributed by atoms with van der Waals surface area (Å²) in [5, 5.41) is 3.96. The summed E-state index contributed by atoms with van der Waals surface area (Å²) < 4.78 is 2.84. The first-order valence-electron chi connectivity index (χ1n) is 11.5. The number of carbonyl (C=O) groups is 3. The predicted octanol–water partition coefficient (Wildman–Crippen LogP) is 2.95. The van der Waals surface area contributed by atoms with Crippen LogP contribution in [-0.4, -0.2) is 64.3 Å². The second-order valence-electron chi connectivity index (χ2n) is 9.13. The fraction of sp³-hybridized carbons (Fsp3) is 0.346. The smallest absolute Gasteiger partial charge is 0.246 e. The molecule has 0 atom stereocenters. The molecule has 0 saturated carbocycles. The van der Waals surface area contributed by atoms with Gasteiger partial charge in [0.1, 0.15) is 6.54 Å². The van der Waals surface area contributed by atoms with Crippen LogP contribution in [0.5, 0.6) is 0 Å². The molecule has 8 heteroatoms. The summed E-state index contributed by atoms with van der Waals surface area (Å²) >= 11 is 3.54. The van der Waals surface area contributed by atoms with Gasteiger partial charge in [0.2, 0.25) is 17.7 Å². The van der Waals surface area contributed by atoms with Gasteiger partial charge in [0.15, 0.2) is 0 Å². The largest absolute Gasteiger partial charge is 0.348 e. The Morgan fingerprint density at radius 1 is 1.21 bits per heavy atom. The minimum absolute atomic E-state index is 0.0446. The molecule has 3 aliphatic rings. The zero-order valence-corrected chi connectivity index (χ0v) is 20.5. The van der Waals surface area contributed by atoms with Crippen LogP contribution >= 0.6 is 15.9 Å². The molecule has 2 aromatic rings. The van der Waals surface area contributed by atoms with Gasteiger partial charge in [0.25, 0.3) is 0 Å². The number of rotatable bonds is 6. The lowest BCUT2D eigenvalue weighted by Gasteiger charge is -2.38. The van der Waals surface area contributed by atoms with Crippen LogP contribution < -0.4 is 5.32 Å². The minimum Gasteiger partial charge on any atom is -0.348 e. The molecular formula is C26H27BrN4O3. The van der Waals surface area contributed by atoms with E-state index in [4.69, 9.17) is 0 Å². The lowest BCUT2D eigenvalue weighted by molar-refractivity contribution is -0.133. The molecule has 1 aromatic heterocycles. The summed E-state index contributed by atoms with van der Waals surface area (Å²) in [6.45, 7) is 6.10. The molecule has 1 aromatic carbocycles. The molecular weight excluding hydrogens is 496 g/mol. The van der Waals surface area contributed by atoms with Crippen molar-refractivity contribution in [2.24, 2.45) is 0 Å². The van der Waals surface area contributed by atoms with Crippen molar-refractivity contribution in [1.29, 1.82) is 0 Å². The molecule has 3 heterocycles. The van der Waals surface area contributed by atoms with E-state index in [-0.39, 0.29) is 30.3 Å². The summed E-state index contributed by atoms with van der Waals surface area (Å²) in [7, 11) is 0. The summed E-state index contributed by atoms with van der Waals surface area (Å²) in [6, 6.07) is 5.88. The van der Waals surface area contributed by atoms with Crippen molar-refractivity contribution < 1.29 is 14.4 Å². The Hall–Kier alpha value is -3.13. The lowest BCUT2D eigenvalue weighted by Crippen LogP contribution is -2.61. The first-order valence-corrected chi connectivity index (χ1v) is 12.3. The van der Waals surface area contributed by atoms with E-state index in [0.717, 1.165) is 40.3 Å². The number of hydrogen-bond acceptors (Lipinski definition) is 3. The summed E-state index contributed by atoms with van der Waals surface area (Å²) in [5.41, 5.74) is 4.58. The highest BCUT2D eigenvalue weighted by atomic mass is 79.9. The average Bonchev–Trinajstić information content (AvgIpc) is 3.39. The van der Waals surface area contributed by atoms with Crippen LogP contribution in [0.25, 0.3) is 10.9 Å². The Morgan fingerprint density at radius 2 is 2.03 bits per heavy atom. The first kappa shape index (κ1) is 22.7. The van der Waals surface area contributed by atoms with Crippen molar-refractivity contribution in [3.05, 3.63) is 70.4 Å². The zero-order chi connectivity index (χ0) is 23.8. The standard InChI is InChI=1S/C26H27BrN4O3/c1-2-25(33)31-14-21(15-31)28-24(32)16-30-13-19(22-11-20(27)6-7-23(22)30)10-26(34)29-9-8-17-4-3-5-18(17)12-29/h2-4,6-7,11,13,21H,1,5,8-10,12,14-16H2,(H,28,32). The van der Waals surface area contributed by atoms with Gasteiger partial charge in [-0.05, 0) is 53.8 Å². The molecule has 2 aliphatic heterocycles. The van der Waals surface area contributed by atoms with Crippen molar-refractivity contribution >= 4 is 44.6 Å². The maximum atomic E-state index is 13.2. The quantitative estimate of drug-likeness (QED) is 0.592. The van der Waals surface area contributed by atoms with Gasteiger partial charge < -0.3 is 19.7 Å². The van der Waals surface area contributed by atoms with E-state index in [1.807, 2.05) is 33.9 Å². The monoisotopic (exact) mass is 522 g/mol. The van der Waals surface area contributed by atoms with Crippen LogP contribution in [0.4, 0.5) is 0 Å². The average molecular weight is 523 g/mol. The van der Waals surface area contributed by atoms with E-state index < -0.39 is 0 Å². The Balaban J connectivity index is 1.27. The molecule has 0 spiro atoms. The van der Waals surface area contributed by atoms with Crippen LogP contribution in [0.3, 0.4) is 0 Å². The van der Waals surface area contributed by atoms with E-state index in [0.29, 0.717) is 26.1 Å². The van der Waals surface area contributed by atoms with Crippen molar-refractivity contribution in [1.82, 2.24) is 19.7 Å². The summed E-state index contributed by atoms with van der Waals surface area (Å²) in [4.78, 5) is 41.1. The molecule has 34 heavy (non-hydrogen) atoms. The topological polar surface area (TPSA) is 74.6 Å². The number of amides is 3. The highest BCUT2D eigenvalue weighted by molar-refractivity contribution is 9.10. The van der Waals surface area contributed by atoms with Gasteiger partial charge in [-0.2, -0.15) is 0 Å². The summed E-state index contributed by atoms with van der Waals surface area (Å²) in [6.07, 6.45) is 9.74. The van der Waals surface area contributed by atoms with E-state index in [9.17, 15) is 14.4 Å². The Morgan fingerprint density at radius 3 is 2.82 bits per heavy atom. The molecule has 176 valence electrons. The number of nitrogens with one attached hydrogen (secondary N) is 1. The molecule has 0 radical (unpaired) electrons. The Kier molecular flexibility index (Phi) is 6.16. The number of halogens is 1. The third kappa shape index (κ3) is 4.46. The maximum absolute atomic E-state index is 13.2. The van der Waals surface area contributed by atoms with E-state index in [2.05, 4.69) is 40.0 Å². The van der Waals surface area contributed by atoms with Crippen molar-refractivity contribution in [2.45, 2.75) is 31.8 Å². The van der Waals surface area contributed by atoms with Crippen molar-refractivity contribution in [3.63, 3.8) is 0 Å². The molecule has 1 aliphatic carbocycles. The summed E-state index contributed by atoms with van der Waals surface area (Å²) in [5.74, 6) is -0.117. The van der Waals surface area contributed by atoms with Gasteiger partial charge in [-0.25, -0.2) is 0 Å². The first-order chi connectivity index (χ1) is 16.4. The highest BCUT2D eigenvalue weighted by Gasteiger charge is 2.30. The van der Waals surface area contributed by atoms with E-state index >= 15 is 0 Å². The molecule has 1 saturated heterocycles. The predicted molar refractivity (Wildman–Crippen MR) is 134 cm³/mol. The molecule has 3 amide bonds. The SMILES string of the molecule is C=CC(=O)N1CC(NC(=O)Cn2cc(CC(=O)N3CCC4=C(CC=C4)C3)c3cc(Br)ccc32)C1. The number of benzene rings is 1. The molecule has 5 rings (SSSR count). The molecule has 7 nitrogen and oxygen atoms in total. The van der Waals surface area contributed by atoms with Gasteiger partial charge in [-0.3, -0.25) is 14.4 Å². The number of allylic oxidation sites excluding steroid dienone is 2. The van der Waals surface area contributed by atoms with Gasteiger partial charge in [0.05, 0.1) is 12.5 Å². The van der Waals surface area contributed by atoms with Gasteiger partial charge >= 0.3 is 0 Å². The van der Waals surface area contributed by atoms with Gasteiger partial charge in [-0.1, -0.05) is 34.7 Å². The van der Waals surface area contributed by atoms with Crippen molar-refractivity contribution in [3.8, 4) is 0 Å². The van der Waals surface area contributed by atoms with E-state index in [1.54, 1.807) is 4.90 Å². The molecule has 1 N–H and O–H groups in total. The molecule has 0 bridgehead atoms. The van der Waals surface area contributed by atoms with Crippen LogP contribution in [0.2, 0.25) is 0 Å². The second-order valence-corrected chi connectivity index (χ2v) is 10.0. The van der Waals surface area contributed by atoms with Gasteiger partial charge in [-0.15, -0.1) is 0 Å². The fourth-order valence-corrected chi connectivity index (χ4v) is 5.35. The zero-order valence-electron chi connectivity index (χ0n) is 18.9. The number of nitrogens with zero attached hydrogens (tertiary/aromatic N) is 3. The highest BCUT2D eigenvalue weighted by Crippen LogP contribution is 2.29. The number of fused-ring (bicyclic) bond motifs is 1. The number of likely N-dealkylation sites (tertiary alicyclic amines) is 1. The molecule has 0 unspecified atom stereocenters. The van der Waals surface area contributed by atoms with Crippen LogP contribution in [0.15, 0.2) is 64.8 Å². The van der Waals surface area contributed by atoms with E-state index in [1.165, 1.54) is 17.2 Å². The number of hydrogen-bond donors (Lipinski definition) is 1. The number of carbonyl (C=O) groups excluding carboxylic acids is 3. The third-order valence-electron chi connectivity index (χ3n) is 6.84.